The molecule has 1 heterocycles. The van der Waals surface area contributed by atoms with Gasteiger partial charge in [-0.15, -0.1) is 6.58 Å². The third-order valence-corrected chi connectivity index (χ3v) is 2.81. The van der Waals surface area contributed by atoms with Gasteiger partial charge in [0, 0.05) is 6.54 Å². The molecule has 0 unspecified atom stereocenters. The van der Waals surface area contributed by atoms with Crippen molar-refractivity contribution in [3.8, 4) is 11.6 Å². The summed E-state index contributed by atoms with van der Waals surface area (Å²) in [6.07, 6.45) is 4.13. The van der Waals surface area contributed by atoms with Crippen LogP contribution in [0.1, 0.15) is 12.5 Å². The van der Waals surface area contributed by atoms with Crippen LogP contribution in [0.3, 0.4) is 0 Å². The Kier molecular flexibility index (Phi) is 4.55. The maximum Gasteiger partial charge on any atom is 0.248 e. The number of nitrogens with zero attached hydrogens (tertiary/aromatic N) is 2. The zero-order valence-corrected chi connectivity index (χ0v) is 11.5. The number of nitrogens with two attached hydrogens (primary N) is 1. The maximum atomic E-state index is 5.98. The highest BCUT2D eigenvalue weighted by atomic mass is 16.5. The summed E-state index contributed by atoms with van der Waals surface area (Å²) in [5.41, 5.74) is 7.62. The maximum absolute atomic E-state index is 5.98. The first-order valence-corrected chi connectivity index (χ1v) is 6.46. The van der Waals surface area contributed by atoms with Gasteiger partial charge >= 0.3 is 0 Å². The van der Waals surface area contributed by atoms with Crippen LogP contribution in [0.15, 0.2) is 43.2 Å². The van der Waals surface area contributed by atoms with Gasteiger partial charge in [-0.1, -0.05) is 25.1 Å². The molecule has 20 heavy (non-hydrogen) atoms. The van der Waals surface area contributed by atoms with E-state index in [9.17, 15) is 0 Å². The van der Waals surface area contributed by atoms with Crippen LogP contribution < -0.4 is 15.8 Å². The van der Waals surface area contributed by atoms with Crippen LogP contribution >= 0.6 is 0 Å². The molecule has 0 fully saturated rings. The van der Waals surface area contributed by atoms with Crippen molar-refractivity contribution in [1.29, 1.82) is 0 Å². The van der Waals surface area contributed by atoms with E-state index >= 15 is 0 Å². The van der Waals surface area contributed by atoms with Gasteiger partial charge < -0.3 is 15.8 Å². The highest BCUT2D eigenvalue weighted by Gasteiger charge is 2.09. The molecule has 0 amide bonds. The molecule has 3 N–H and O–H groups in total. The first-order chi connectivity index (χ1) is 9.74. The second-order valence-corrected chi connectivity index (χ2v) is 4.21. The zero-order valence-electron chi connectivity index (χ0n) is 11.5. The minimum absolute atomic E-state index is 0.343. The van der Waals surface area contributed by atoms with Crippen LogP contribution in [0, 0.1) is 0 Å². The van der Waals surface area contributed by atoms with Gasteiger partial charge in [-0.2, -0.15) is 4.98 Å². The Bertz CT molecular complexity index is 581. The van der Waals surface area contributed by atoms with E-state index in [0.717, 1.165) is 6.42 Å². The zero-order chi connectivity index (χ0) is 14.4. The topological polar surface area (TPSA) is 73.1 Å². The van der Waals surface area contributed by atoms with Crippen molar-refractivity contribution in [2.45, 2.75) is 13.3 Å². The van der Waals surface area contributed by atoms with E-state index in [-0.39, 0.29) is 0 Å². The minimum Gasteiger partial charge on any atom is -0.437 e. The Morgan fingerprint density at radius 1 is 1.30 bits per heavy atom. The fraction of sp³-hybridized carbons (Fsp3) is 0.200. The van der Waals surface area contributed by atoms with Crippen molar-refractivity contribution in [1.82, 2.24) is 9.97 Å². The number of benzene rings is 1. The molecule has 2 aromatic rings. The summed E-state index contributed by atoms with van der Waals surface area (Å²) in [6.45, 7) is 6.32. The Labute approximate surface area is 118 Å². The number of nitrogens with one attached hydrogen (secondary N) is 1. The van der Waals surface area contributed by atoms with Gasteiger partial charge in [0.2, 0.25) is 5.88 Å². The normalized spacial score (nSPS) is 10.1. The van der Waals surface area contributed by atoms with Gasteiger partial charge in [-0.05, 0) is 24.1 Å². The molecule has 2 rings (SSSR count). The van der Waals surface area contributed by atoms with Gasteiger partial charge in [-0.3, -0.25) is 0 Å². The van der Waals surface area contributed by atoms with Crippen molar-refractivity contribution in [2.24, 2.45) is 0 Å². The third-order valence-electron chi connectivity index (χ3n) is 2.81. The van der Waals surface area contributed by atoms with Crippen LogP contribution in [0.5, 0.6) is 11.6 Å². The molecule has 1 aromatic carbocycles. The van der Waals surface area contributed by atoms with Gasteiger partial charge in [0.25, 0.3) is 0 Å². The molecular formula is C15H18N4O. The summed E-state index contributed by atoms with van der Waals surface area (Å²) in [7, 11) is 0. The SMILES string of the molecule is C=CCNc1ncnc(Oc2ccc(CC)cc2)c1N. The fourth-order valence-electron chi connectivity index (χ4n) is 1.68. The first-order valence-electron chi connectivity index (χ1n) is 6.46. The Morgan fingerprint density at radius 3 is 2.70 bits per heavy atom. The number of ether oxygens (including phenoxy) is 1. The smallest absolute Gasteiger partial charge is 0.248 e. The molecule has 0 saturated heterocycles. The summed E-state index contributed by atoms with van der Waals surface area (Å²) in [5.74, 6) is 1.58. The molecule has 104 valence electrons. The molecule has 0 spiro atoms. The summed E-state index contributed by atoms with van der Waals surface area (Å²) in [4.78, 5) is 8.13. The van der Waals surface area contributed by atoms with Crippen molar-refractivity contribution < 1.29 is 4.74 Å². The summed E-state index contributed by atoms with van der Waals surface area (Å²) < 4.78 is 5.69. The molecular weight excluding hydrogens is 252 g/mol. The molecule has 0 aliphatic rings. The quantitative estimate of drug-likeness (QED) is 0.789. The predicted molar refractivity (Wildman–Crippen MR) is 81.0 cm³/mol. The van der Waals surface area contributed by atoms with E-state index in [0.29, 0.717) is 29.7 Å². The van der Waals surface area contributed by atoms with E-state index in [4.69, 9.17) is 10.5 Å². The fourth-order valence-corrected chi connectivity index (χ4v) is 1.68. The second-order valence-electron chi connectivity index (χ2n) is 4.21. The molecule has 0 aliphatic heterocycles. The van der Waals surface area contributed by atoms with Crippen LogP contribution in [-0.4, -0.2) is 16.5 Å². The lowest BCUT2D eigenvalue weighted by molar-refractivity contribution is 0.464. The standard InChI is InChI=1S/C15H18N4O/c1-3-9-17-14-13(16)15(19-10-18-14)20-12-7-5-11(4-2)6-8-12/h3,5-8,10H,1,4,9,16H2,2H3,(H,17,18,19). The third kappa shape index (κ3) is 3.26. The number of nitrogen functional groups attached to an aromatic ring is 1. The molecule has 5 nitrogen and oxygen atoms in total. The highest BCUT2D eigenvalue weighted by molar-refractivity contribution is 5.67. The second kappa shape index (κ2) is 6.56. The number of hydrogen-bond acceptors (Lipinski definition) is 5. The largest absolute Gasteiger partial charge is 0.437 e. The molecule has 0 aliphatic carbocycles. The molecule has 0 saturated carbocycles. The van der Waals surface area contributed by atoms with Crippen molar-refractivity contribution >= 4 is 11.5 Å². The van der Waals surface area contributed by atoms with Gasteiger partial charge in [0.15, 0.2) is 5.82 Å². The number of aryl methyl sites for hydroxylation is 1. The minimum atomic E-state index is 0.343. The molecule has 5 heteroatoms. The van der Waals surface area contributed by atoms with E-state index < -0.39 is 0 Å². The van der Waals surface area contributed by atoms with E-state index in [1.54, 1.807) is 6.08 Å². The van der Waals surface area contributed by atoms with Crippen LogP contribution in [0.4, 0.5) is 11.5 Å². The number of aromatic nitrogens is 2. The van der Waals surface area contributed by atoms with Crippen LogP contribution in [-0.2, 0) is 6.42 Å². The van der Waals surface area contributed by atoms with Crippen molar-refractivity contribution in [2.75, 3.05) is 17.6 Å². The summed E-state index contributed by atoms with van der Waals surface area (Å²) in [6, 6.07) is 7.83. The summed E-state index contributed by atoms with van der Waals surface area (Å²) >= 11 is 0. The van der Waals surface area contributed by atoms with Gasteiger partial charge in [0.1, 0.15) is 17.8 Å². The number of anilines is 2. The monoisotopic (exact) mass is 270 g/mol. The number of hydrogen-bond donors (Lipinski definition) is 2. The lowest BCUT2D eigenvalue weighted by Gasteiger charge is -2.11. The Balaban J connectivity index is 2.17. The lowest BCUT2D eigenvalue weighted by Crippen LogP contribution is -2.06. The average Bonchev–Trinajstić information content (AvgIpc) is 2.49. The number of rotatable bonds is 6. The molecule has 1 aromatic heterocycles. The van der Waals surface area contributed by atoms with E-state index in [1.165, 1.54) is 11.9 Å². The Morgan fingerprint density at radius 2 is 2.05 bits per heavy atom. The molecule has 0 bridgehead atoms. The average molecular weight is 270 g/mol. The van der Waals surface area contributed by atoms with Gasteiger partial charge in [0.05, 0.1) is 0 Å². The van der Waals surface area contributed by atoms with E-state index in [2.05, 4.69) is 28.8 Å². The highest BCUT2D eigenvalue weighted by Crippen LogP contribution is 2.29. The van der Waals surface area contributed by atoms with Crippen LogP contribution in [0.2, 0.25) is 0 Å². The lowest BCUT2D eigenvalue weighted by atomic mass is 10.2. The van der Waals surface area contributed by atoms with Gasteiger partial charge in [-0.25, -0.2) is 4.98 Å². The summed E-state index contributed by atoms with van der Waals surface area (Å²) in [5, 5.41) is 3.03. The first kappa shape index (κ1) is 13.9. The molecule has 0 atom stereocenters. The molecule has 0 radical (unpaired) electrons. The van der Waals surface area contributed by atoms with Crippen molar-refractivity contribution in [3.05, 3.63) is 48.8 Å². The van der Waals surface area contributed by atoms with Crippen molar-refractivity contribution in [3.63, 3.8) is 0 Å². The van der Waals surface area contributed by atoms with E-state index in [1.807, 2.05) is 24.3 Å². The van der Waals surface area contributed by atoms with Crippen LogP contribution in [0.25, 0.3) is 0 Å². The predicted octanol–water partition coefficient (Wildman–Crippen LogP) is 3.01. The Hall–Kier alpha value is -2.56.